The fraction of sp³-hybridized carbons (Fsp3) is 0.308. The Hall–Kier alpha value is -4.28. The summed E-state index contributed by atoms with van der Waals surface area (Å²) in [5.41, 5.74) is -1.28. The van der Waals surface area contributed by atoms with Crippen molar-refractivity contribution in [3.05, 3.63) is 71.3 Å². The van der Waals surface area contributed by atoms with E-state index in [1.54, 1.807) is 18.1 Å². The van der Waals surface area contributed by atoms with Crippen LogP contribution >= 0.6 is 0 Å². The van der Waals surface area contributed by atoms with Crippen molar-refractivity contribution < 1.29 is 18.7 Å². The molecule has 0 bridgehead atoms. The van der Waals surface area contributed by atoms with Gasteiger partial charge in [-0.1, -0.05) is 18.7 Å². The lowest BCUT2D eigenvalue weighted by atomic mass is 10.1. The number of anilines is 1. The lowest BCUT2D eigenvalue weighted by Gasteiger charge is -2.40. The minimum absolute atomic E-state index is 0.115. The fourth-order valence-electron chi connectivity index (χ4n) is 4.50. The number of pyridine rings is 1. The van der Waals surface area contributed by atoms with Gasteiger partial charge < -0.3 is 20.2 Å². The van der Waals surface area contributed by atoms with Crippen molar-refractivity contribution >= 4 is 22.8 Å². The van der Waals surface area contributed by atoms with Crippen LogP contribution in [0.2, 0.25) is 0 Å². The summed E-state index contributed by atoms with van der Waals surface area (Å²) in [5.74, 6) is -2.15. The van der Waals surface area contributed by atoms with Crippen LogP contribution < -0.4 is 15.9 Å². The third-order valence-electron chi connectivity index (χ3n) is 6.30. The molecule has 1 fully saturated rings. The third-order valence-corrected chi connectivity index (χ3v) is 6.30. The molecule has 2 aromatic heterocycles. The van der Waals surface area contributed by atoms with Crippen molar-refractivity contribution in [2.45, 2.75) is 25.9 Å². The number of hydrogen-bond donors (Lipinski definition) is 2. The first kappa shape index (κ1) is 25.8. The van der Waals surface area contributed by atoms with Crippen LogP contribution in [0.25, 0.3) is 22.3 Å². The highest BCUT2D eigenvalue weighted by Crippen LogP contribution is 2.35. The van der Waals surface area contributed by atoms with Gasteiger partial charge in [-0.05, 0) is 43.8 Å². The molecule has 0 radical (unpaired) electrons. The van der Waals surface area contributed by atoms with Gasteiger partial charge in [0.15, 0.2) is 5.82 Å². The highest BCUT2D eigenvalue weighted by atomic mass is 19.1. The Kier molecular flexibility index (Phi) is 7.51. The molecule has 37 heavy (non-hydrogen) atoms. The van der Waals surface area contributed by atoms with E-state index >= 15 is 4.39 Å². The van der Waals surface area contributed by atoms with E-state index in [4.69, 9.17) is 0 Å². The summed E-state index contributed by atoms with van der Waals surface area (Å²) in [6, 6.07) is 4.57. The molecule has 0 saturated carbocycles. The Balaban J connectivity index is 1.89. The number of phenols is 1. The molecule has 1 amide bonds. The number of aromatic hydroxyl groups is 1. The van der Waals surface area contributed by atoms with Crippen LogP contribution in [-0.4, -0.2) is 63.2 Å². The molecular weight excluding hydrogens is 482 g/mol. The largest absolute Gasteiger partial charge is 0.507 e. The maximum absolute atomic E-state index is 15.5. The molecule has 4 rings (SSSR count). The fourth-order valence-corrected chi connectivity index (χ4v) is 4.50. The number of nitrogens with zero attached hydrogens (tertiary/aromatic N) is 5. The Morgan fingerprint density at radius 3 is 2.73 bits per heavy atom. The zero-order valence-electron chi connectivity index (χ0n) is 20.6. The van der Waals surface area contributed by atoms with Crippen molar-refractivity contribution in [1.29, 1.82) is 0 Å². The van der Waals surface area contributed by atoms with E-state index < -0.39 is 28.8 Å². The molecule has 9 nitrogen and oxygen atoms in total. The Morgan fingerprint density at radius 2 is 2.05 bits per heavy atom. The Bertz CT molecular complexity index is 1420. The topological polar surface area (TPSA) is 104 Å². The zero-order chi connectivity index (χ0) is 26.7. The molecule has 1 aliphatic heterocycles. The number of benzene rings is 1. The quantitative estimate of drug-likeness (QED) is 0.471. The van der Waals surface area contributed by atoms with E-state index in [2.05, 4.69) is 21.9 Å². The monoisotopic (exact) mass is 510 g/mol. The van der Waals surface area contributed by atoms with Crippen LogP contribution in [0.3, 0.4) is 0 Å². The summed E-state index contributed by atoms with van der Waals surface area (Å²) < 4.78 is 31.4. The maximum atomic E-state index is 15.5. The van der Waals surface area contributed by atoms with Gasteiger partial charge in [0.25, 0.3) is 0 Å². The number of allylic oxidation sites excluding steroid dienone is 1. The molecule has 0 aliphatic carbocycles. The summed E-state index contributed by atoms with van der Waals surface area (Å²) in [5, 5.41) is 13.4. The minimum atomic E-state index is -0.871. The number of carbonyl (C=O) groups excluding carboxylic acids is 1. The number of hydrogen-bond acceptors (Lipinski definition) is 7. The molecule has 194 valence electrons. The number of carbonyl (C=O) groups is 1. The first-order valence-electron chi connectivity index (χ1n) is 11.9. The second kappa shape index (κ2) is 10.8. The minimum Gasteiger partial charge on any atom is -0.507 e. The smallest absolute Gasteiger partial charge is 0.351 e. The SMILES string of the molecule is C=CC(=O)N1CCN(c2nc(=O)n(CC/C=C\NC)c3nc(-c4c(O)cccc4F)c(F)cc23)[C@@H](C)C1. The van der Waals surface area contributed by atoms with E-state index in [1.807, 2.05) is 17.9 Å². The number of halogens is 2. The number of phenolic OH excluding ortho intramolecular Hbond substituents is 1. The standard InChI is InChI=1S/C26H28F2N6O3/c1-4-21(36)32-12-13-33(16(2)15-32)25-17-14-19(28)23(22-18(27)8-7-9-20(22)35)30-24(17)34(26(37)31-25)11-6-5-10-29-3/h4-5,7-10,14,16,29,35H,1,6,11-13,15H2,2-3H3/b10-5-/t16-/m0/s1. The van der Waals surface area contributed by atoms with Crippen molar-refractivity contribution in [2.75, 3.05) is 31.6 Å². The van der Waals surface area contributed by atoms with Gasteiger partial charge in [-0.15, -0.1) is 0 Å². The molecule has 1 saturated heterocycles. The maximum Gasteiger partial charge on any atom is 0.351 e. The van der Waals surface area contributed by atoms with Gasteiger partial charge in [0.1, 0.15) is 28.7 Å². The van der Waals surface area contributed by atoms with Crippen LogP contribution in [0.4, 0.5) is 14.6 Å². The summed E-state index contributed by atoms with van der Waals surface area (Å²) >= 11 is 0. The summed E-state index contributed by atoms with van der Waals surface area (Å²) in [6.45, 7) is 6.68. The number of fused-ring (bicyclic) bond motifs is 1. The van der Waals surface area contributed by atoms with Crippen molar-refractivity contribution in [2.24, 2.45) is 0 Å². The summed E-state index contributed by atoms with van der Waals surface area (Å²) in [6.07, 6.45) is 5.24. The van der Waals surface area contributed by atoms with Gasteiger partial charge >= 0.3 is 5.69 Å². The lowest BCUT2D eigenvalue weighted by Crippen LogP contribution is -2.54. The number of piperazine rings is 1. The molecule has 0 unspecified atom stereocenters. The van der Waals surface area contributed by atoms with Gasteiger partial charge in [0, 0.05) is 39.3 Å². The van der Waals surface area contributed by atoms with Crippen molar-refractivity contribution in [1.82, 2.24) is 24.8 Å². The average molecular weight is 511 g/mol. The highest BCUT2D eigenvalue weighted by Gasteiger charge is 2.30. The Morgan fingerprint density at radius 1 is 1.27 bits per heavy atom. The van der Waals surface area contributed by atoms with E-state index in [0.29, 0.717) is 26.1 Å². The zero-order valence-corrected chi connectivity index (χ0v) is 20.6. The lowest BCUT2D eigenvalue weighted by molar-refractivity contribution is -0.126. The number of aryl methyl sites for hydroxylation is 1. The molecular formula is C26H28F2N6O3. The van der Waals surface area contributed by atoms with Crippen LogP contribution in [0.1, 0.15) is 13.3 Å². The van der Waals surface area contributed by atoms with E-state index in [1.165, 1.54) is 28.8 Å². The second-order valence-electron chi connectivity index (χ2n) is 8.70. The van der Waals surface area contributed by atoms with Gasteiger partial charge in [0.05, 0.1) is 10.9 Å². The molecule has 1 aliphatic rings. The molecule has 0 spiro atoms. The van der Waals surface area contributed by atoms with E-state index in [9.17, 15) is 19.1 Å². The normalized spacial score (nSPS) is 15.9. The first-order valence-corrected chi connectivity index (χ1v) is 11.9. The average Bonchev–Trinajstić information content (AvgIpc) is 2.87. The van der Waals surface area contributed by atoms with E-state index in [-0.39, 0.29) is 40.9 Å². The summed E-state index contributed by atoms with van der Waals surface area (Å²) in [4.78, 5) is 37.4. The van der Waals surface area contributed by atoms with Gasteiger partial charge in [0.2, 0.25) is 5.91 Å². The Labute approximate surface area is 212 Å². The second-order valence-corrected chi connectivity index (χ2v) is 8.70. The molecule has 1 atom stereocenters. The number of nitrogens with one attached hydrogen (secondary N) is 1. The summed E-state index contributed by atoms with van der Waals surface area (Å²) in [7, 11) is 1.75. The van der Waals surface area contributed by atoms with Crippen LogP contribution in [0.15, 0.2) is 54.0 Å². The van der Waals surface area contributed by atoms with Gasteiger partial charge in [-0.3, -0.25) is 9.36 Å². The van der Waals surface area contributed by atoms with E-state index in [0.717, 1.165) is 6.07 Å². The highest BCUT2D eigenvalue weighted by molar-refractivity contribution is 5.90. The predicted octanol–water partition coefficient (Wildman–Crippen LogP) is 2.79. The molecule has 1 aromatic carbocycles. The number of rotatable bonds is 7. The number of aromatic nitrogens is 3. The van der Waals surface area contributed by atoms with Crippen molar-refractivity contribution in [3.63, 3.8) is 0 Å². The number of amides is 1. The molecule has 11 heteroatoms. The van der Waals surface area contributed by atoms with Gasteiger partial charge in [-0.2, -0.15) is 4.98 Å². The molecule has 3 aromatic rings. The van der Waals surface area contributed by atoms with Gasteiger partial charge in [-0.25, -0.2) is 18.6 Å². The predicted molar refractivity (Wildman–Crippen MR) is 137 cm³/mol. The van der Waals surface area contributed by atoms with Crippen LogP contribution in [0, 0.1) is 11.6 Å². The van der Waals surface area contributed by atoms with Crippen molar-refractivity contribution in [3.8, 4) is 17.0 Å². The molecule has 3 heterocycles. The third kappa shape index (κ3) is 5.02. The first-order chi connectivity index (χ1) is 17.8. The molecule has 2 N–H and O–H groups in total. The van der Waals surface area contributed by atoms with Crippen LogP contribution in [0.5, 0.6) is 5.75 Å². The van der Waals surface area contributed by atoms with Crippen LogP contribution in [-0.2, 0) is 11.3 Å².